The van der Waals surface area contributed by atoms with Crippen molar-refractivity contribution in [2.75, 3.05) is 25.1 Å². The van der Waals surface area contributed by atoms with E-state index in [9.17, 15) is 9.59 Å². The smallest absolute Gasteiger partial charge is 0.268 e. The van der Waals surface area contributed by atoms with Gasteiger partial charge < -0.3 is 15.0 Å². The van der Waals surface area contributed by atoms with Crippen LogP contribution >= 0.6 is 11.3 Å². The zero-order chi connectivity index (χ0) is 19.9. The molecule has 6 heteroatoms. The summed E-state index contributed by atoms with van der Waals surface area (Å²) in [6.07, 6.45) is 0. The predicted molar refractivity (Wildman–Crippen MR) is 113 cm³/mol. The van der Waals surface area contributed by atoms with Crippen molar-refractivity contribution in [3.05, 3.63) is 82.0 Å². The van der Waals surface area contributed by atoms with Crippen LogP contribution in [0.15, 0.2) is 66.0 Å². The summed E-state index contributed by atoms with van der Waals surface area (Å²) in [5, 5.41) is 4.71. The highest BCUT2D eigenvalue weighted by molar-refractivity contribution is 7.12. The van der Waals surface area contributed by atoms with Crippen LogP contribution in [0.5, 0.6) is 5.75 Å². The summed E-state index contributed by atoms with van der Waals surface area (Å²) in [5.74, 6) is 0.383. The SMILES string of the molecule is Cc1ccc(OCCNC(=O)c2ccccc2N(C)C(=O)c2cccs2)cc1. The van der Waals surface area contributed by atoms with E-state index in [0.29, 0.717) is 29.3 Å². The van der Waals surface area contributed by atoms with E-state index in [1.54, 1.807) is 31.3 Å². The van der Waals surface area contributed by atoms with Crippen molar-refractivity contribution in [1.29, 1.82) is 0 Å². The minimum atomic E-state index is -0.242. The number of benzene rings is 2. The van der Waals surface area contributed by atoms with Gasteiger partial charge in [-0.15, -0.1) is 11.3 Å². The number of rotatable bonds is 7. The summed E-state index contributed by atoms with van der Waals surface area (Å²) >= 11 is 1.38. The van der Waals surface area contributed by atoms with E-state index in [2.05, 4.69) is 5.32 Å². The second-order valence-corrected chi connectivity index (χ2v) is 7.22. The number of carbonyl (C=O) groups is 2. The van der Waals surface area contributed by atoms with Gasteiger partial charge in [-0.05, 0) is 42.6 Å². The maximum atomic E-state index is 12.6. The van der Waals surface area contributed by atoms with Crippen LogP contribution in [0.2, 0.25) is 0 Å². The van der Waals surface area contributed by atoms with Gasteiger partial charge in [0.15, 0.2) is 0 Å². The molecule has 0 radical (unpaired) electrons. The summed E-state index contributed by atoms with van der Waals surface area (Å²) in [6.45, 7) is 2.74. The fraction of sp³-hybridized carbons (Fsp3) is 0.182. The normalized spacial score (nSPS) is 10.4. The lowest BCUT2D eigenvalue weighted by atomic mass is 10.1. The quantitative estimate of drug-likeness (QED) is 0.613. The standard InChI is InChI=1S/C22H22N2O3S/c1-16-9-11-17(12-10-16)27-14-13-23-21(25)18-6-3-4-7-19(18)24(2)22(26)20-8-5-15-28-20/h3-12,15H,13-14H2,1-2H3,(H,23,25). The lowest BCUT2D eigenvalue weighted by Crippen LogP contribution is -2.32. The Kier molecular flexibility index (Phi) is 6.45. The average molecular weight is 394 g/mol. The van der Waals surface area contributed by atoms with Gasteiger partial charge in [-0.2, -0.15) is 0 Å². The Bertz CT molecular complexity index is 937. The van der Waals surface area contributed by atoms with Gasteiger partial charge in [-0.25, -0.2) is 0 Å². The molecule has 5 nitrogen and oxygen atoms in total. The number of nitrogens with one attached hydrogen (secondary N) is 1. The van der Waals surface area contributed by atoms with Crippen LogP contribution in [0.4, 0.5) is 5.69 Å². The molecule has 0 aliphatic rings. The molecule has 2 amide bonds. The molecule has 0 aliphatic heterocycles. The first kappa shape index (κ1) is 19.6. The van der Waals surface area contributed by atoms with Crippen LogP contribution in [-0.4, -0.2) is 32.0 Å². The van der Waals surface area contributed by atoms with Crippen LogP contribution in [0.25, 0.3) is 0 Å². The summed E-state index contributed by atoms with van der Waals surface area (Å²) in [6, 6.07) is 18.4. The highest BCUT2D eigenvalue weighted by Crippen LogP contribution is 2.22. The van der Waals surface area contributed by atoms with Gasteiger partial charge in [0.2, 0.25) is 0 Å². The number of carbonyl (C=O) groups excluding carboxylic acids is 2. The van der Waals surface area contributed by atoms with Gasteiger partial charge in [0, 0.05) is 7.05 Å². The van der Waals surface area contributed by atoms with Crippen molar-refractivity contribution >= 4 is 28.8 Å². The second kappa shape index (κ2) is 9.19. The first-order valence-corrected chi connectivity index (χ1v) is 9.82. The minimum absolute atomic E-state index is 0.141. The number of aryl methyl sites for hydroxylation is 1. The molecule has 1 aromatic heterocycles. The number of para-hydroxylation sites is 1. The number of ether oxygens (including phenoxy) is 1. The molecule has 0 fully saturated rings. The third-order valence-electron chi connectivity index (χ3n) is 4.22. The molecule has 1 N–H and O–H groups in total. The van der Waals surface area contributed by atoms with Crippen molar-refractivity contribution in [2.24, 2.45) is 0 Å². The molecule has 0 bridgehead atoms. The van der Waals surface area contributed by atoms with Gasteiger partial charge in [0.25, 0.3) is 11.8 Å². The second-order valence-electron chi connectivity index (χ2n) is 6.28. The number of amides is 2. The topological polar surface area (TPSA) is 58.6 Å². The number of nitrogens with zero attached hydrogens (tertiary/aromatic N) is 1. The summed E-state index contributed by atoms with van der Waals surface area (Å²) in [4.78, 5) is 27.4. The van der Waals surface area contributed by atoms with E-state index in [1.807, 2.05) is 48.7 Å². The maximum absolute atomic E-state index is 12.6. The molecule has 0 saturated carbocycles. The van der Waals surface area contributed by atoms with Crippen molar-refractivity contribution in [3.8, 4) is 5.75 Å². The predicted octanol–water partition coefficient (Wildman–Crippen LogP) is 4.14. The van der Waals surface area contributed by atoms with Gasteiger partial charge >= 0.3 is 0 Å². The lowest BCUT2D eigenvalue weighted by Gasteiger charge is -2.20. The molecule has 0 saturated heterocycles. The van der Waals surface area contributed by atoms with Crippen LogP contribution in [-0.2, 0) is 0 Å². The van der Waals surface area contributed by atoms with Crippen molar-refractivity contribution < 1.29 is 14.3 Å². The fourth-order valence-corrected chi connectivity index (χ4v) is 3.39. The molecular weight excluding hydrogens is 372 g/mol. The molecule has 0 unspecified atom stereocenters. The molecular formula is C22H22N2O3S. The van der Waals surface area contributed by atoms with Crippen LogP contribution in [0.1, 0.15) is 25.6 Å². The number of hydrogen-bond acceptors (Lipinski definition) is 4. The Labute approximate surface area is 168 Å². The molecule has 0 spiro atoms. The summed E-state index contributed by atoms with van der Waals surface area (Å²) < 4.78 is 5.63. The number of thiophene rings is 1. The Balaban J connectivity index is 1.60. The number of anilines is 1. The number of hydrogen-bond donors (Lipinski definition) is 1. The van der Waals surface area contributed by atoms with E-state index in [1.165, 1.54) is 21.8 Å². The van der Waals surface area contributed by atoms with Gasteiger partial charge in [-0.1, -0.05) is 35.9 Å². The van der Waals surface area contributed by atoms with Gasteiger partial charge in [-0.3, -0.25) is 9.59 Å². The van der Waals surface area contributed by atoms with Crippen molar-refractivity contribution in [2.45, 2.75) is 6.92 Å². The molecule has 28 heavy (non-hydrogen) atoms. The van der Waals surface area contributed by atoms with E-state index < -0.39 is 0 Å². The Morgan fingerprint density at radius 1 is 1.04 bits per heavy atom. The van der Waals surface area contributed by atoms with Crippen LogP contribution in [0.3, 0.4) is 0 Å². The molecule has 2 aromatic carbocycles. The molecule has 1 heterocycles. The molecule has 0 atom stereocenters. The average Bonchev–Trinajstić information content (AvgIpc) is 3.26. The largest absolute Gasteiger partial charge is 0.492 e. The van der Waals surface area contributed by atoms with Crippen molar-refractivity contribution in [1.82, 2.24) is 5.32 Å². The Morgan fingerprint density at radius 3 is 2.50 bits per heavy atom. The lowest BCUT2D eigenvalue weighted by molar-refractivity contribution is 0.0947. The Hall–Kier alpha value is -3.12. The Morgan fingerprint density at radius 2 is 1.79 bits per heavy atom. The van der Waals surface area contributed by atoms with E-state index >= 15 is 0 Å². The first-order chi connectivity index (χ1) is 13.6. The monoisotopic (exact) mass is 394 g/mol. The first-order valence-electron chi connectivity index (χ1n) is 8.94. The van der Waals surface area contributed by atoms with E-state index in [-0.39, 0.29) is 11.8 Å². The summed E-state index contributed by atoms with van der Waals surface area (Å²) in [7, 11) is 1.68. The van der Waals surface area contributed by atoms with E-state index in [0.717, 1.165) is 5.75 Å². The maximum Gasteiger partial charge on any atom is 0.268 e. The summed E-state index contributed by atoms with van der Waals surface area (Å²) in [5.41, 5.74) is 2.18. The third kappa shape index (κ3) is 4.78. The molecule has 3 aromatic rings. The van der Waals surface area contributed by atoms with Crippen LogP contribution in [0, 0.1) is 6.92 Å². The van der Waals surface area contributed by atoms with Crippen LogP contribution < -0.4 is 15.0 Å². The van der Waals surface area contributed by atoms with Crippen molar-refractivity contribution in [3.63, 3.8) is 0 Å². The zero-order valence-electron chi connectivity index (χ0n) is 15.8. The van der Waals surface area contributed by atoms with E-state index in [4.69, 9.17) is 4.74 Å². The highest BCUT2D eigenvalue weighted by Gasteiger charge is 2.19. The highest BCUT2D eigenvalue weighted by atomic mass is 32.1. The molecule has 3 rings (SSSR count). The van der Waals surface area contributed by atoms with Gasteiger partial charge in [0.1, 0.15) is 12.4 Å². The third-order valence-corrected chi connectivity index (χ3v) is 5.08. The van der Waals surface area contributed by atoms with Gasteiger partial charge in [0.05, 0.1) is 22.7 Å². The zero-order valence-corrected chi connectivity index (χ0v) is 16.7. The minimum Gasteiger partial charge on any atom is -0.492 e. The molecule has 144 valence electrons. The fourth-order valence-electron chi connectivity index (χ4n) is 2.70. The molecule has 0 aliphatic carbocycles.